The first-order valence-corrected chi connectivity index (χ1v) is 7.39. The van der Waals surface area contributed by atoms with Crippen molar-refractivity contribution in [2.75, 3.05) is 0 Å². The number of hydrogen-bond acceptors (Lipinski definition) is 3. The van der Waals surface area contributed by atoms with Crippen LogP contribution in [0.25, 0.3) is 0 Å². The average molecular weight is 294 g/mol. The highest BCUT2D eigenvalue weighted by Crippen LogP contribution is 2.37. The van der Waals surface area contributed by atoms with Gasteiger partial charge in [-0.1, -0.05) is 66.7 Å². The second-order valence-electron chi connectivity index (χ2n) is 5.53. The largest absolute Gasteiger partial charge is 0.388 e. The van der Waals surface area contributed by atoms with E-state index in [9.17, 15) is 15.0 Å². The summed E-state index contributed by atoms with van der Waals surface area (Å²) in [6.07, 6.45) is 0.428. The summed E-state index contributed by atoms with van der Waals surface area (Å²) in [5.74, 6) is -0.691. The van der Waals surface area contributed by atoms with Crippen LogP contribution in [0.3, 0.4) is 0 Å². The molecule has 3 atom stereocenters. The van der Waals surface area contributed by atoms with Crippen LogP contribution < -0.4 is 0 Å². The molecule has 2 aromatic carbocycles. The van der Waals surface area contributed by atoms with Crippen LogP contribution in [0, 0.1) is 5.92 Å². The molecule has 0 heterocycles. The topological polar surface area (TPSA) is 57.5 Å². The summed E-state index contributed by atoms with van der Waals surface area (Å²) in [6.45, 7) is 0. The van der Waals surface area contributed by atoms with Gasteiger partial charge in [-0.25, -0.2) is 0 Å². The Hall–Kier alpha value is -2.23. The minimum Gasteiger partial charge on any atom is -0.388 e. The molecule has 0 spiro atoms. The summed E-state index contributed by atoms with van der Waals surface area (Å²) in [5, 5.41) is 20.8. The van der Waals surface area contributed by atoms with E-state index < -0.39 is 18.1 Å². The Balaban J connectivity index is 1.77. The molecule has 0 saturated heterocycles. The van der Waals surface area contributed by atoms with Gasteiger partial charge in [-0.2, -0.15) is 0 Å². The van der Waals surface area contributed by atoms with E-state index in [2.05, 4.69) is 0 Å². The van der Waals surface area contributed by atoms with Crippen molar-refractivity contribution in [1.82, 2.24) is 0 Å². The van der Waals surface area contributed by atoms with Gasteiger partial charge in [0.2, 0.25) is 0 Å². The van der Waals surface area contributed by atoms with Crippen molar-refractivity contribution in [3.63, 3.8) is 0 Å². The summed E-state index contributed by atoms with van der Waals surface area (Å²) >= 11 is 0. The lowest BCUT2D eigenvalue weighted by molar-refractivity contribution is -0.122. The Bertz CT molecular complexity index is 676. The Kier molecular flexibility index (Phi) is 4.18. The molecule has 3 nitrogen and oxygen atoms in total. The standard InChI is InChI=1S/C19H18O3/c20-17(13-7-3-1-4-8-13)15-11-12-16(19(15)22)18(21)14-9-5-2-6-10-14/h1-11,16-18,20-21H,12H2/t16?,17-,18+/m1/s1. The van der Waals surface area contributed by atoms with Crippen LogP contribution >= 0.6 is 0 Å². The molecule has 0 bridgehead atoms. The summed E-state index contributed by atoms with van der Waals surface area (Å²) in [5.41, 5.74) is 1.80. The number of Topliss-reactive ketones (excluding diaryl/α,β-unsaturated/α-hetero) is 1. The maximum Gasteiger partial charge on any atom is 0.167 e. The molecule has 3 rings (SSSR count). The van der Waals surface area contributed by atoms with Crippen molar-refractivity contribution in [3.8, 4) is 0 Å². The Morgan fingerprint density at radius 2 is 1.41 bits per heavy atom. The first-order chi connectivity index (χ1) is 10.7. The van der Waals surface area contributed by atoms with Crippen molar-refractivity contribution in [2.45, 2.75) is 18.6 Å². The highest BCUT2D eigenvalue weighted by atomic mass is 16.3. The lowest BCUT2D eigenvalue weighted by Crippen LogP contribution is -2.21. The Morgan fingerprint density at radius 3 is 2.00 bits per heavy atom. The number of aliphatic hydroxyl groups is 2. The Labute approximate surface area is 129 Å². The van der Waals surface area contributed by atoms with Crippen LogP contribution in [0.4, 0.5) is 0 Å². The predicted molar refractivity (Wildman–Crippen MR) is 84.0 cm³/mol. The van der Waals surface area contributed by atoms with Crippen LogP contribution in [-0.2, 0) is 4.79 Å². The highest BCUT2D eigenvalue weighted by molar-refractivity contribution is 6.01. The maximum absolute atomic E-state index is 12.5. The molecule has 22 heavy (non-hydrogen) atoms. The molecule has 1 aliphatic rings. The number of allylic oxidation sites excluding steroid dienone is 1. The van der Waals surface area contributed by atoms with Crippen molar-refractivity contribution >= 4 is 5.78 Å². The highest BCUT2D eigenvalue weighted by Gasteiger charge is 2.36. The number of rotatable bonds is 4. The molecule has 3 heteroatoms. The summed E-state index contributed by atoms with van der Waals surface area (Å²) in [4.78, 5) is 12.5. The van der Waals surface area contributed by atoms with Gasteiger partial charge in [-0.15, -0.1) is 0 Å². The van der Waals surface area contributed by atoms with E-state index in [1.807, 2.05) is 48.5 Å². The molecule has 112 valence electrons. The molecule has 0 radical (unpaired) electrons. The van der Waals surface area contributed by atoms with Crippen LogP contribution in [0.1, 0.15) is 29.8 Å². The number of carbonyl (C=O) groups is 1. The molecule has 0 amide bonds. The van der Waals surface area contributed by atoms with E-state index in [4.69, 9.17) is 0 Å². The van der Waals surface area contributed by atoms with Crippen LogP contribution in [0.15, 0.2) is 72.3 Å². The van der Waals surface area contributed by atoms with Gasteiger partial charge in [0.25, 0.3) is 0 Å². The van der Waals surface area contributed by atoms with Gasteiger partial charge in [-0.3, -0.25) is 4.79 Å². The molecule has 0 aromatic heterocycles. The second-order valence-corrected chi connectivity index (χ2v) is 5.53. The van der Waals surface area contributed by atoms with E-state index in [-0.39, 0.29) is 5.78 Å². The number of hydrogen-bond donors (Lipinski definition) is 2. The minimum atomic E-state index is -0.929. The first kappa shape index (κ1) is 14.7. The maximum atomic E-state index is 12.5. The molecule has 0 saturated carbocycles. The molecule has 0 aliphatic heterocycles. The van der Waals surface area contributed by atoms with E-state index in [1.54, 1.807) is 18.2 Å². The zero-order chi connectivity index (χ0) is 15.5. The number of ketones is 1. The fraction of sp³-hybridized carbons (Fsp3) is 0.211. The van der Waals surface area contributed by atoms with E-state index in [1.165, 1.54) is 0 Å². The molecule has 0 fully saturated rings. The molecule has 2 aromatic rings. The van der Waals surface area contributed by atoms with Gasteiger partial charge in [0.05, 0.1) is 12.0 Å². The minimum absolute atomic E-state index is 0.173. The molecular formula is C19H18O3. The monoisotopic (exact) mass is 294 g/mol. The predicted octanol–water partition coefficient (Wildman–Crippen LogP) is 2.97. The first-order valence-electron chi connectivity index (χ1n) is 7.39. The zero-order valence-electron chi connectivity index (χ0n) is 12.1. The van der Waals surface area contributed by atoms with Crippen LogP contribution in [0.5, 0.6) is 0 Å². The van der Waals surface area contributed by atoms with Gasteiger partial charge < -0.3 is 10.2 Å². The average Bonchev–Trinajstić information content (AvgIpc) is 2.96. The lowest BCUT2D eigenvalue weighted by atomic mass is 9.90. The van der Waals surface area contributed by atoms with Crippen molar-refractivity contribution in [2.24, 2.45) is 5.92 Å². The van der Waals surface area contributed by atoms with Gasteiger partial charge in [-0.05, 0) is 17.5 Å². The van der Waals surface area contributed by atoms with E-state index >= 15 is 0 Å². The Morgan fingerprint density at radius 1 is 0.864 bits per heavy atom. The van der Waals surface area contributed by atoms with E-state index in [0.717, 1.165) is 5.56 Å². The number of benzene rings is 2. The lowest BCUT2D eigenvalue weighted by Gasteiger charge is -2.19. The van der Waals surface area contributed by atoms with Crippen LogP contribution in [-0.4, -0.2) is 16.0 Å². The number of carbonyl (C=O) groups excluding carboxylic acids is 1. The molecule has 1 aliphatic carbocycles. The third-order valence-corrected chi connectivity index (χ3v) is 4.15. The van der Waals surface area contributed by atoms with Gasteiger partial charge in [0.1, 0.15) is 6.10 Å². The van der Waals surface area contributed by atoms with Crippen LogP contribution in [0.2, 0.25) is 0 Å². The van der Waals surface area contributed by atoms with Crippen molar-refractivity contribution in [1.29, 1.82) is 0 Å². The molecule has 1 unspecified atom stereocenters. The molecule has 2 N–H and O–H groups in total. The van der Waals surface area contributed by atoms with Crippen molar-refractivity contribution in [3.05, 3.63) is 83.4 Å². The number of aliphatic hydroxyl groups excluding tert-OH is 2. The third-order valence-electron chi connectivity index (χ3n) is 4.15. The van der Waals surface area contributed by atoms with Gasteiger partial charge >= 0.3 is 0 Å². The van der Waals surface area contributed by atoms with Gasteiger partial charge in [0.15, 0.2) is 5.78 Å². The van der Waals surface area contributed by atoms with Gasteiger partial charge in [0, 0.05) is 5.57 Å². The summed E-state index contributed by atoms with van der Waals surface area (Å²) in [7, 11) is 0. The fourth-order valence-electron chi connectivity index (χ4n) is 2.89. The second kappa shape index (κ2) is 6.26. The zero-order valence-corrected chi connectivity index (χ0v) is 12.1. The fourth-order valence-corrected chi connectivity index (χ4v) is 2.89. The van der Waals surface area contributed by atoms with Crippen molar-refractivity contribution < 1.29 is 15.0 Å². The normalized spacial score (nSPS) is 20.5. The quantitative estimate of drug-likeness (QED) is 0.911. The van der Waals surface area contributed by atoms with E-state index in [0.29, 0.717) is 17.6 Å². The smallest absolute Gasteiger partial charge is 0.167 e. The summed E-state index contributed by atoms with van der Waals surface area (Å²) in [6, 6.07) is 18.3. The summed E-state index contributed by atoms with van der Waals surface area (Å²) < 4.78 is 0. The third kappa shape index (κ3) is 2.73. The molecular weight excluding hydrogens is 276 g/mol. The SMILES string of the molecule is O=C1C([C@H](O)c2ccccc2)=CCC1[C@@H](O)c1ccccc1.